The number of methoxy groups -OCH3 is 1. The molecule has 1 heterocycles. The zero-order valence-electron chi connectivity index (χ0n) is 17.6. The molecule has 3 aromatic carbocycles. The molecule has 32 heavy (non-hydrogen) atoms. The third-order valence-corrected chi connectivity index (χ3v) is 5.63. The molecule has 4 rings (SSSR count). The van der Waals surface area contributed by atoms with Crippen LogP contribution in [0, 0.1) is 12.7 Å². The maximum absolute atomic E-state index is 13.4. The molecule has 0 atom stereocenters. The summed E-state index contributed by atoms with van der Waals surface area (Å²) in [4.78, 5) is 17.0. The predicted octanol–water partition coefficient (Wildman–Crippen LogP) is 6.10. The first-order chi connectivity index (χ1) is 15.5. The van der Waals surface area contributed by atoms with E-state index in [1.165, 1.54) is 23.5 Å². The molecule has 4 aromatic rings. The molecule has 0 aliphatic carbocycles. The molecule has 1 amide bonds. The second kappa shape index (κ2) is 9.62. The molecule has 0 unspecified atom stereocenters. The smallest absolute Gasteiger partial charge is 0.275 e. The number of benzene rings is 3. The Morgan fingerprint density at radius 2 is 1.88 bits per heavy atom. The van der Waals surface area contributed by atoms with Gasteiger partial charge in [0.05, 0.1) is 7.11 Å². The minimum atomic E-state index is -0.306. The van der Waals surface area contributed by atoms with Crippen LogP contribution in [0.3, 0.4) is 0 Å². The lowest BCUT2D eigenvalue weighted by molar-refractivity contribution is 0.102. The number of halogens is 1. The van der Waals surface area contributed by atoms with Gasteiger partial charge in [0.2, 0.25) is 0 Å². The summed E-state index contributed by atoms with van der Waals surface area (Å²) in [6, 6.07) is 19.3. The second-order valence-corrected chi connectivity index (χ2v) is 8.00. The first-order valence-electron chi connectivity index (χ1n) is 9.91. The number of ether oxygens (including phenoxy) is 2. The lowest BCUT2D eigenvalue weighted by atomic mass is 10.2. The molecule has 1 N–H and O–H groups in total. The number of nitrogens with zero attached hydrogens (tertiary/aromatic N) is 1. The summed E-state index contributed by atoms with van der Waals surface area (Å²) in [6.07, 6.45) is 0. The van der Waals surface area contributed by atoms with Gasteiger partial charge in [-0.05, 0) is 55.0 Å². The zero-order chi connectivity index (χ0) is 22.5. The van der Waals surface area contributed by atoms with E-state index in [4.69, 9.17) is 9.47 Å². The molecule has 0 radical (unpaired) electrons. The van der Waals surface area contributed by atoms with Gasteiger partial charge in [-0.1, -0.05) is 29.8 Å². The van der Waals surface area contributed by atoms with Crippen LogP contribution in [-0.4, -0.2) is 18.0 Å². The Kier molecular flexibility index (Phi) is 6.47. The first-order valence-corrected chi connectivity index (χ1v) is 10.8. The van der Waals surface area contributed by atoms with E-state index in [9.17, 15) is 9.18 Å². The summed E-state index contributed by atoms with van der Waals surface area (Å²) in [5, 5.41) is 5.26. The van der Waals surface area contributed by atoms with Crippen LogP contribution < -0.4 is 14.8 Å². The minimum Gasteiger partial charge on any atom is -0.493 e. The zero-order valence-corrected chi connectivity index (χ0v) is 18.4. The Morgan fingerprint density at radius 3 is 2.62 bits per heavy atom. The molecule has 0 aliphatic rings. The average Bonchev–Trinajstić information content (AvgIpc) is 3.30. The van der Waals surface area contributed by atoms with Gasteiger partial charge in [0.25, 0.3) is 5.91 Å². The first kappa shape index (κ1) is 21.5. The Balaban J connectivity index is 1.47. The Hall–Kier alpha value is -3.71. The summed E-state index contributed by atoms with van der Waals surface area (Å²) < 4.78 is 24.6. The normalized spacial score (nSPS) is 10.6. The maximum atomic E-state index is 13.4. The van der Waals surface area contributed by atoms with E-state index in [-0.39, 0.29) is 18.3 Å². The average molecular weight is 449 g/mol. The molecule has 0 spiro atoms. The van der Waals surface area contributed by atoms with Crippen LogP contribution in [0.25, 0.3) is 10.6 Å². The van der Waals surface area contributed by atoms with Gasteiger partial charge in [-0.2, -0.15) is 0 Å². The van der Waals surface area contributed by atoms with Crippen molar-refractivity contribution in [1.29, 1.82) is 0 Å². The van der Waals surface area contributed by atoms with Crippen LogP contribution in [0.2, 0.25) is 0 Å². The Labute approximate surface area is 189 Å². The van der Waals surface area contributed by atoms with Crippen molar-refractivity contribution in [1.82, 2.24) is 4.98 Å². The quantitative estimate of drug-likeness (QED) is 0.371. The van der Waals surface area contributed by atoms with Crippen molar-refractivity contribution in [2.75, 3.05) is 12.4 Å². The van der Waals surface area contributed by atoms with Crippen molar-refractivity contribution < 1.29 is 18.7 Å². The third kappa shape index (κ3) is 5.12. The van der Waals surface area contributed by atoms with Crippen molar-refractivity contribution in [3.05, 3.63) is 94.7 Å². The van der Waals surface area contributed by atoms with Crippen molar-refractivity contribution in [2.45, 2.75) is 13.5 Å². The van der Waals surface area contributed by atoms with Crippen molar-refractivity contribution in [2.24, 2.45) is 0 Å². The van der Waals surface area contributed by atoms with Gasteiger partial charge in [0.15, 0.2) is 11.5 Å². The number of hydrogen-bond acceptors (Lipinski definition) is 5. The van der Waals surface area contributed by atoms with Gasteiger partial charge in [0, 0.05) is 16.6 Å². The maximum Gasteiger partial charge on any atom is 0.275 e. The van der Waals surface area contributed by atoms with Crippen LogP contribution in [0.5, 0.6) is 11.5 Å². The van der Waals surface area contributed by atoms with Gasteiger partial charge in [-0.15, -0.1) is 11.3 Å². The number of carbonyl (C=O) groups is 1. The number of nitrogens with one attached hydrogen (secondary N) is 1. The van der Waals surface area contributed by atoms with Crippen molar-refractivity contribution in [3.8, 4) is 22.1 Å². The Morgan fingerprint density at radius 1 is 1.06 bits per heavy atom. The van der Waals surface area contributed by atoms with Gasteiger partial charge in [-0.25, -0.2) is 9.37 Å². The van der Waals surface area contributed by atoms with Crippen LogP contribution in [0.4, 0.5) is 10.1 Å². The fourth-order valence-corrected chi connectivity index (χ4v) is 3.85. The number of anilines is 1. The highest BCUT2D eigenvalue weighted by Gasteiger charge is 2.14. The van der Waals surface area contributed by atoms with Gasteiger partial charge in [0.1, 0.15) is 23.1 Å². The van der Waals surface area contributed by atoms with Gasteiger partial charge < -0.3 is 14.8 Å². The van der Waals surface area contributed by atoms with Gasteiger partial charge >= 0.3 is 0 Å². The molecular formula is C25H21FN2O3S. The van der Waals surface area contributed by atoms with E-state index in [0.717, 1.165) is 22.4 Å². The van der Waals surface area contributed by atoms with E-state index in [1.807, 2.05) is 37.3 Å². The summed E-state index contributed by atoms with van der Waals surface area (Å²) in [6.45, 7) is 2.21. The number of rotatable bonds is 7. The molecule has 0 fully saturated rings. The topological polar surface area (TPSA) is 60.5 Å². The monoisotopic (exact) mass is 448 g/mol. The van der Waals surface area contributed by atoms with Crippen LogP contribution in [0.15, 0.2) is 72.1 Å². The van der Waals surface area contributed by atoms with Crippen molar-refractivity contribution in [3.63, 3.8) is 0 Å². The van der Waals surface area contributed by atoms with Crippen LogP contribution >= 0.6 is 11.3 Å². The fourth-order valence-electron chi connectivity index (χ4n) is 3.05. The number of carbonyl (C=O) groups excluding carboxylic acids is 1. The van der Waals surface area contributed by atoms with Crippen LogP contribution in [-0.2, 0) is 6.61 Å². The van der Waals surface area contributed by atoms with E-state index >= 15 is 0 Å². The summed E-state index contributed by atoms with van der Waals surface area (Å²) >= 11 is 1.37. The summed E-state index contributed by atoms with van der Waals surface area (Å²) in [5.41, 5.74) is 3.71. The molecule has 0 bridgehead atoms. The van der Waals surface area contributed by atoms with E-state index in [1.54, 1.807) is 36.8 Å². The van der Waals surface area contributed by atoms with Crippen LogP contribution in [0.1, 0.15) is 21.6 Å². The summed E-state index contributed by atoms with van der Waals surface area (Å²) in [7, 11) is 1.55. The SMILES string of the molecule is COc1cc(-c2nc(C(=O)Nc3ccc(C)cc3)cs2)ccc1OCc1cccc(F)c1. The Bertz CT molecular complexity index is 1240. The molecular weight excluding hydrogens is 427 g/mol. The third-order valence-electron chi connectivity index (χ3n) is 4.74. The van der Waals surface area contributed by atoms with E-state index < -0.39 is 0 Å². The molecule has 0 saturated carbocycles. The number of thiazole rings is 1. The number of hydrogen-bond donors (Lipinski definition) is 1. The van der Waals surface area contributed by atoms with E-state index in [2.05, 4.69) is 10.3 Å². The summed E-state index contributed by atoms with van der Waals surface area (Å²) in [5.74, 6) is 0.493. The molecule has 1 aromatic heterocycles. The standard InChI is InChI=1S/C25H21FN2O3S/c1-16-6-9-20(10-7-16)27-24(29)21-15-32-25(28-21)18-8-11-22(23(13-18)30-2)31-14-17-4-3-5-19(26)12-17/h3-13,15H,14H2,1-2H3,(H,27,29). The molecule has 5 nitrogen and oxygen atoms in total. The lowest BCUT2D eigenvalue weighted by Gasteiger charge is -2.12. The van der Waals surface area contributed by atoms with E-state index in [0.29, 0.717) is 22.2 Å². The highest BCUT2D eigenvalue weighted by molar-refractivity contribution is 7.13. The fraction of sp³-hybridized carbons (Fsp3) is 0.120. The second-order valence-electron chi connectivity index (χ2n) is 7.14. The van der Waals surface area contributed by atoms with Gasteiger partial charge in [-0.3, -0.25) is 4.79 Å². The molecule has 162 valence electrons. The van der Waals surface area contributed by atoms with Crippen molar-refractivity contribution >= 4 is 22.9 Å². The highest BCUT2D eigenvalue weighted by atomic mass is 32.1. The molecule has 0 saturated heterocycles. The molecule has 7 heteroatoms. The molecule has 0 aliphatic heterocycles. The lowest BCUT2D eigenvalue weighted by Crippen LogP contribution is -2.12. The number of aromatic nitrogens is 1. The largest absolute Gasteiger partial charge is 0.493 e. The number of amides is 1. The minimum absolute atomic E-state index is 0.216. The predicted molar refractivity (Wildman–Crippen MR) is 124 cm³/mol. The number of aryl methyl sites for hydroxylation is 1. The highest BCUT2D eigenvalue weighted by Crippen LogP contribution is 2.34.